The zero-order chi connectivity index (χ0) is 16.4. The molecule has 1 unspecified atom stereocenters. The van der Waals surface area contributed by atoms with Crippen LogP contribution in [0.5, 0.6) is 0 Å². The number of hydrogen-bond donors (Lipinski definition) is 1. The minimum absolute atomic E-state index is 0.104. The number of benzene rings is 1. The highest BCUT2D eigenvalue weighted by Crippen LogP contribution is 2.25. The van der Waals surface area contributed by atoms with Gasteiger partial charge in [-0.25, -0.2) is 4.79 Å². The number of carboxylic acids is 1. The minimum Gasteiger partial charge on any atom is -0.480 e. The Labute approximate surface area is 122 Å². The van der Waals surface area contributed by atoms with Gasteiger partial charge in [0.25, 0.3) is 5.69 Å². The van der Waals surface area contributed by atoms with Gasteiger partial charge < -0.3 is 10.0 Å². The van der Waals surface area contributed by atoms with Crippen LogP contribution in [-0.2, 0) is 9.59 Å². The Balaban J connectivity index is 3.05. The number of carboxylic acid groups (broad SMARTS) is 1. The summed E-state index contributed by atoms with van der Waals surface area (Å²) in [6, 6.07) is 5.77. The van der Waals surface area contributed by atoms with E-state index in [2.05, 4.69) is 0 Å². The highest BCUT2D eigenvalue weighted by Gasteiger charge is 2.37. The van der Waals surface area contributed by atoms with Crippen molar-refractivity contribution in [2.45, 2.75) is 32.2 Å². The fraction of sp³-hybridized carbons (Fsp3) is 0.429. The van der Waals surface area contributed by atoms with E-state index in [0.717, 1.165) is 4.90 Å². The number of nitro benzene ring substituents is 1. The van der Waals surface area contributed by atoms with E-state index >= 15 is 0 Å². The van der Waals surface area contributed by atoms with Crippen LogP contribution in [0.25, 0.3) is 0 Å². The largest absolute Gasteiger partial charge is 0.480 e. The molecule has 0 heterocycles. The van der Waals surface area contributed by atoms with E-state index in [1.807, 2.05) is 0 Å². The van der Waals surface area contributed by atoms with E-state index in [1.54, 1.807) is 13.0 Å². The van der Waals surface area contributed by atoms with Crippen molar-refractivity contribution in [1.82, 2.24) is 4.90 Å². The van der Waals surface area contributed by atoms with Gasteiger partial charge in [-0.1, -0.05) is 12.1 Å². The van der Waals surface area contributed by atoms with Crippen molar-refractivity contribution in [3.63, 3.8) is 0 Å². The molecule has 0 aromatic heterocycles. The number of non-ortho nitro benzene ring substituents is 1. The maximum atomic E-state index is 12.4. The Morgan fingerprint density at radius 1 is 1.38 bits per heavy atom. The molecule has 7 heteroatoms. The molecular formula is C14H18N2O5. The molecule has 0 fully saturated rings. The van der Waals surface area contributed by atoms with Crippen LogP contribution in [0, 0.1) is 10.1 Å². The summed E-state index contributed by atoms with van der Waals surface area (Å²) < 4.78 is 0. The monoisotopic (exact) mass is 294 g/mol. The predicted molar refractivity (Wildman–Crippen MR) is 76.0 cm³/mol. The Hall–Kier alpha value is -2.44. The first-order chi connectivity index (χ1) is 9.59. The molecule has 1 amide bonds. The summed E-state index contributed by atoms with van der Waals surface area (Å²) in [6.07, 6.45) is 0. The number of nitrogens with zero attached hydrogens (tertiary/aromatic N) is 2. The van der Waals surface area contributed by atoms with Crippen LogP contribution < -0.4 is 0 Å². The van der Waals surface area contributed by atoms with Crippen LogP contribution in [0.15, 0.2) is 24.3 Å². The summed E-state index contributed by atoms with van der Waals surface area (Å²) in [5.41, 5.74) is -0.985. The molecule has 0 saturated carbocycles. The molecular weight excluding hydrogens is 276 g/mol. The lowest BCUT2D eigenvalue weighted by Gasteiger charge is -2.33. The standard InChI is InChI=1S/C14H18N2O5/c1-9(10-6-5-7-11(8-10)16(20)21)12(17)15(4)14(2,3)13(18)19/h5-9H,1-4H3,(H,18,19). The SMILES string of the molecule is CC(C(=O)N(C)C(C)(C)C(=O)O)c1cccc([N+](=O)[O-])c1. The summed E-state index contributed by atoms with van der Waals surface area (Å²) in [7, 11) is 1.41. The molecule has 1 atom stereocenters. The van der Waals surface area contributed by atoms with Gasteiger partial charge >= 0.3 is 5.97 Å². The number of carbonyl (C=O) groups is 2. The predicted octanol–water partition coefficient (Wildman–Crippen LogP) is 2.02. The quantitative estimate of drug-likeness (QED) is 0.661. The van der Waals surface area contributed by atoms with Gasteiger partial charge in [-0.15, -0.1) is 0 Å². The smallest absolute Gasteiger partial charge is 0.329 e. The molecule has 0 aliphatic carbocycles. The molecule has 0 radical (unpaired) electrons. The van der Waals surface area contributed by atoms with Crippen molar-refractivity contribution in [3.05, 3.63) is 39.9 Å². The molecule has 21 heavy (non-hydrogen) atoms. The lowest BCUT2D eigenvalue weighted by atomic mass is 9.96. The average Bonchev–Trinajstić information content (AvgIpc) is 2.44. The van der Waals surface area contributed by atoms with Crippen molar-refractivity contribution < 1.29 is 19.6 Å². The first-order valence-corrected chi connectivity index (χ1v) is 6.34. The molecule has 0 aliphatic rings. The van der Waals surface area contributed by atoms with Crippen LogP contribution in [-0.4, -0.2) is 39.4 Å². The first kappa shape index (κ1) is 16.6. The van der Waals surface area contributed by atoms with Crippen LogP contribution in [0.4, 0.5) is 5.69 Å². The summed E-state index contributed by atoms with van der Waals surface area (Å²) in [4.78, 5) is 34.9. The number of rotatable bonds is 5. The number of carbonyl (C=O) groups excluding carboxylic acids is 1. The van der Waals surface area contributed by atoms with Gasteiger partial charge in [-0.2, -0.15) is 0 Å². The summed E-state index contributed by atoms with van der Waals surface area (Å²) in [6.45, 7) is 4.44. The molecule has 7 nitrogen and oxygen atoms in total. The molecule has 1 N–H and O–H groups in total. The fourth-order valence-corrected chi connectivity index (χ4v) is 1.76. The third-order valence-electron chi connectivity index (χ3n) is 3.64. The molecule has 0 bridgehead atoms. The van der Waals surface area contributed by atoms with Crippen molar-refractivity contribution in [2.24, 2.45) is 0 Å². The van der Waals surface area contributed by atoms with E-state index in [9.17, 15) is 19.7 Å². The van der Waals surface area contributed by atoms with E-state index in [-0.39, 0.29) is 5.69 Å². The number of likely N-dealkylation sites (N-methyl/N-ethyl adjacent to an activating group) is 1. The van der Waals surface area contributed by atoms with Crippen LogP contribution in [0.1, 0.15) is 32.3 Å². The summed E-state index contributed by atoms with van der Waals surface area (Å²) in [5, 5.41) is 19.9. The Bertz CT molecular complexity index is 582. The number of aliphatic carboxylic acids is 1. The van der Waals surface area contributed by atoms with Crippen LogP contribution >= 0.6 is 0 Å². The lowest BCUT2D eigenvalue weighted by molar-refractivity contribution is -0.384. The normalized spacial score (nSPS) is 12.6. The van der Waals surface area contributed by atoms with Gasteiger partial charge in [-0.3, -0.25) is 14.9 Å². The molecule has 0 saturated heterocycles. The maximum Gasteiger partial charge on any atom is 0.329 e. The lowest BCUT2D eigenvalue weighted by Crippen LogP contribution is -2.51. The number of amides is 1. The van der Waals surface area contributed by atoms with E-state index in [0.29, 0.717) is 5.56 Å². The second kappa shape index (κ2) is 5.90. The summed E-state index contributed by atoms with van der Waals surface area (Å²) in [5.74, 6) is -2.21. The molecule has 1 aromatic carbocycles. The first-order valence-electron chi connectivity index (χ1n) is 6.34. The van der Waals surface area contributed by atoms with Crippen molar-refractivity contribution in [1.29, 1.82) is 0 Å². The third kappa shape index (κ3) is 3.36. The summed E-state index contributed by atoms with van der Waals surface area (Å²) >= 11 is 0. The van der Waals surface area contributed by atoms with Gasteiger partial charge in [0.2, 0.25) is 5.91 Å². The number of hydrogen-bond acceptors (Lipinski definition) is 4. The minimum atomic E-state index is -1.36. The van der Waals surface area contributed by atoms with Gasteiger partial charge in [0.1, 0.15) is 5.54 Å². The molecule has 0 spiro atoms. The fourth-order valence-electron chi connectivity index (χ4n) is 1.76. The van der Waals surface area contributed by atoms with E-state index in [1.165, 1.54) is 39.1 Å². The van der Waals surface area contributed by atoms with E-state index in [4.69, 9.17) is 5.11 Å². The van der Waals surface area contributed by atoms with Crippen LogP contribution in [0.3, 0.4) is 0 Å². The van der Waals surface area contributed by atoms with E-state index < -0.39 is 28.3 Å². The topological polar surface area (TPSA) is 101 Å². The number of nitro groups is 1. The molecule has 114 valence electrons. The Kier molecular flexibility index (Phi) is 4.67. The van der Waals surface area contributed by atoms with Gasteiger partial charge in [0.15, 0.2) is 0 Å². The maximum absolute atomic E-state index is 12.4. The second-order valence-corrected chi connectivity index (χ2v) is 5.34. The zero-order valence-electron chi connectivity index (χ0n) is 12.4. The zero-order valence-corrected chi connectivity index (χ0v) is 12.4. The average molecular weight is 294 g/mol. The Morgan fingerprint density at radius 2 is 1.95 bits per heavy atom. The highest BCUT2D eigenvalue weighted by molar-refractivity contribution is 5.89. The van der Waals surface area contributed by atoms with Crippen molar-refractivity contribution in [2.75, 3.05) is 7.05 Å². The molecule has 1 aromatic rings. The van der Waals surface area contributed by atoms with Crippen LogP contribution in [0.2, 0.25) is 0 Å². The molecule has 0 aliphatic heterocycles. The van der Waals surface area contributed by atoms with Gasteiger partial charge in [0, 0.05) is 19.2 Å². The Morgan fingerprint density at radius 3 is 2.43 bits per heavy atom. The molecule has 1 rings (SSSR count). The van der Waals surface area contributed by atoms with Crippen molar-refractivity contribution in [3.8, 4) is 0 Å². The highest BCUT2D eigenvalue weighted by atomic mass is 16.6. The third-order valence-corrected chi connectivity index (χ3v) is 3.64. The van der Waals surface area contributed by atoms with Gasteiger partial charge in [-0.05, 0) is 26.3 Å². The van der Waals surface area contributed by atoms with Crippen molar-refractivity contribution >= 4 is 17.6 Å². The van der Waals surface area contributed by atoms with Gasteiger partial charge in [0.05, 0.1) is 10.8 Å². The second-order valence-electron chi connectivity index (χ2n) is 5.34.